The average Bonchev–Trinajstić information content (AvgIpc) is 3.19. The molecular weight excluding hydrogens is 340 g/mol. The molecule has 0 saturated heterocycles. The van der Waals surface area contributed by atoms with Gasteiger partial charge in [-0.15, -0.1) is 0 Å². The zero-order chi connectivity index (χ0) is 18.3. The van der Waals surface area contributed by atoms with Crippen LogP contribution in [0.5, 0.6) is 11.5 Å². The Hall–Kier alpha value is -3.09. The molecule has 1 heterocycles. The van der Waals surface area contributed by atoms with Gasteiger partial charge in [0.15, 0.2) is 17.3 Å². The molecule has 0 bridgehead atoms. The minimum Gasteiger partial charge on any atom is -0.493 e. The highest BCUT2D eigenvalue weighted by Gasteiger charge is 2.26. The van der Waals surface area contributed by atoms with Gasteiger partial charge in [-0.25, -0.2) is 8.78 Å². The molecular formula is C19H17F2N3O2. The maximum atomic E-state index is 13.8. The first-order chi connectivity index (χ1) is 12.6. The number of nitrogens with one attached hydrogen (secondary N) is 2. The summed E-state index contributed by atoms with van der Waals surface area (Å²) in [5.41, 5.74) is 3.87. The van der Waals surface area contributed by atoms with Gasteiger partial charge in [0.05, 0.1) is 19.9 Å². The molecule has 3 aromatic rings. The van der Waals surface area contributed by atoms with Crippen LogP contribution in [0.3, 0.4) is 0 Å². The van der Waals surface area contributed by atoms with Gasteiger partial charge in [0.25, 0.3) is 0 Å². The van der Waals surface area contributed by atoms with Gasteiger partial charge in [-0.1, -0.05) is 6.07 Å². The maximum Gasteiger partial charge on any atom is 0.161 e. The van der Waals surface area contributed by atoms with Crippen LogP contribution < -0.4 is 14.8 Å². The van der Waals surface area contributed by atoms with Crippen molar-refractivity contribution in [3.05, 3.63) is 58.7 Å². The minimum absolute atomic E-state index is 0.0110. The molecule has 134 valence electrons. The number of rotatable bonds is 5. The molecule has 0 unspecified atom stereocenters. The van der Waals surface area contributed by atoms with E-state index in [4.69, 9.17) is 9.47 Å². The van der Waals surface area contributed by atoms with Crippen molar-refractivity contribution in [3.63, 3.8) is 0 Å². The first-order valence-corrected chi connectivity index (χ1v) is 8.11. The van der Waals surface area contributed by atoms with E-state index in [0.717, 1.165) is 22.4 Å². The number of aromatic amines is 1. The second-order valence-corrected chi connectivity index (χ2v) is 6.02. The largest absolute Gasteiger partial charge is 0.493 e. The van der Waals surface area contributed by atoms with E-state index in [1.807, 2.05) is 12.1 Å². The van der Waals surface area contributed by atoms with E-state index in [1.54, 1.807) is 14.2 Å². The lowest BCUT2D eigenvalue weighted by molar-refractivity contribution is 0.355. The molecule has 4 rings (SSSR count). The van der Waals surface area contributed by atoms with Crippen LogP contribution in [0, 0.1) is 11.6 Å². The number of hydrogen-bond donors (Lipinski definition) is 2. The lowest BCUT2D eigenvalue weighted by Crippen LogP contribution is -2.06. The second-order valence-electron chi connectivity index (χ2n) is 6.02. The first-order valence-electron chi connectivity index (χ1n) is 8.11. The molecule has 0 atom stereocenters. The van der Waals surface area contributed by atoms with Gasteiger partial charge in [-0.2, -0.15) is 5.10 Å². The second kappa shape index (κ2) is 6.33. The number of ether oxygens (including phenoxy) is 2. The fraction of sp³-hybridized carbons (Fsp3) is 0.211. The molecule has 1 aliphatic rings. The van der Waals surface area contributed by atoms with E-state index in [1.165, 1.54) is 18.2 Å². The highest BCUT2D eigenvalue weighted by molar-refractivity contribution is 5.80. The van der Waals surface area contributed by atoms with Gasteiger partial charge >= 0.3 is 0 Å². The van der Waals surface area contributed by atoms with Crippen LogP contribution in [-0.2, 0) is 13.0 Å². The number of hydrogen-bond acceptors (Lipinski definition) is 4. The summed E-state index contributed by atoms with van der Waals surface area (Å²) in [6, 6.07) is 7.66. The van der Waals surface area contributed by atoms with Crippen molar-refractivity contribution < 1.29 is 18.3 Å². The minimum atomic E-state index is -0.581. The smallest absolute Gasteiger partial charge is 0.161 e. The SMILES string of the molecule is COc1cc2c(cc1OC)-c1[nH]nc(NCc3c(F)cccc3F)c1C2. The third-order valence-electron chi connectivity index (χ3n) is 4.61. The molecule has 1 aromatic heterocycles. The van der Waals surface area contributed by atoms with Crippen LogP contribution in [0.15, 0.2) is 30.3 Å². The average molecular weight is 357 g/mol. The van der Waals surface area contributed by atoms with E-state index in [9.17, 15) is 8.78 Å². The number of anilines is 1. The summed E-state index contributed by atoms with van der Waals surface area (Å²) in [5, 5.41) is 10.3. The monoisotopic (exact) mass is 357 g/mol. The topological polar surface area (TPSA) is 59.2 Å². The highest BCUT2D eigenvalue weighted by Crippen LogP contribution is 2.43. The normalized spacial score (nSPS) is 11.8. The number of fused-ring (bicyclic) bond motifs is 3. The Morgan fingerprint density at radius 3 is 2.50 bits per heavy atom. The molecule has 0 fully saturated rings. The van der Waals surface area contributed by atoms with Crippen LogP contribution in [0.1, 0.15) is 16.7 Å². The molecule has 0 aliphatic heterocycles. The fourth-order valence-corrected chi connectivity index (χ4v) is 3.27. The summed E-state index contributed by atoms with van der Waals surface area (Å²) in [7, 11) is 3.18. The molecule has 26 heavy (non-hydrogen) atoms. The molecule has 0 spiro atoms. The van der Waals surface area contributed by atoms with Crippen molar-refractivity contribution in [2.24, 2.45) is 0 Å². The Kier molecular flexibility index (Phi) is 3.99. The van der Waals surface area contributed by atoms with E-state index in [0.29, 0.717) is 23.7 Å². The predicted octanol–water partition coefficient (Wildman–Crippen LogP) is 3.89. The van der Waals surface area contributed by atoms with Crippen molar-refractivity contribution in [2.75, 3.05) is 19.5 Å². The summed E-state index contributed by atoms with van der Waals surface area (Å²) in [6.07, 6.45) is 0.642. The summed E-state index contributed by atoms with van der Waals surface area (Å²) < 4.78 is 38.3. The predicted molar refractivity (Wildman–Crippen MR) is 93.6 cm³/mol. The Labute approximate surface area is 149 Å². The van der Waals surface area contributed by atoms with Crippen LogP contribution in [0.4, 0.5) is 14.6 Å². The number of benzene rings is 2. The van der Waals surface area contributed by atoms with Gasteiger partial charge in [0.2, 0.25) is 0 Å². The molecule has 0 amide bonds. The lowest BCUT2D eigenvalue weighted by Gasteiger charge is -2.10. The summed E-state index contributed by atoms with van der Waals surface area (Å²) in [5.74, 6) is 0.714. The van der Waals surface area contributed by atoms with Crippen LogP contribution in [-0.4, -0.2) is 24.4 Å². The number of methoxy groups -OCH3 is 2. The van der Waals surface area contributed by atoms with E-state index >= 15 is 0 Å². The quantitative estimate of drug-likeness (QED) is 0.569. The molecule has 5 nitrogen and oxygen atoms in total. The van der Waals surface area contributed by atoms with E-state index < -0.39 is 11.6 Å². The van der Waals surface area contributed by atoms with Crippen molar-refractivity contribution in [3.8, 4) is 22.8 Å². The zero-order valence-electron chi connectivity index (χ0n) is 14.3. The molecule has 2 N–H and O–H groups in total. The number of nitrogens with zero attached hydrogens (tertiary/aromatic N) is 1. The van der Waals surface area contributed by atoms with Crippen molar-refractivity contribution >= 4 is 5.82 Å². The van der Waals surface area contributed by atoms with Crippen molar-refractivity contribution in [1.82, 2.24) is 10.2 Å². The number of aromatic nitrogens is 2. The van der Waals surface area contributed by atoms with Gasteiger partial charge in [-0.05, 0) is 29.8 Å². The fourth-order valence-electron chi connectivity index (χ4n) is 3.27. The Balaban J connectivity index is 1.62. The zero-order valence-corrected chi connectivity index (χ0v) is 14.3. The van der Waals surface area contributed by atoms with Crippen molar-refractivity contribution in [1.29, 1.82) is 0 Å². The van der Waals surface area contributed by atoms with E-state index in [2.05, 4.69) is 15.5 Å². The number of halogens is 2. The molecule has 0 saturated carbocycles. The standard InChI is InChI=1S/C19H17F2N3O2/c1-25-16-7-10-6-12-18(11(10)8-17(16)26-2)23-24-19(12)22-9-13-14(20)4-3-5-15(13)21/h3-5,7-8H,6,9H2,1-2H3,(H2,22,23,24). The van der Waals surface area contributed by atoms with Crippen LogP contribution >= 0.6 is 0 Å². The van der Waals surface area contributed by atoms with Gasteiger partial charge in [0.1, 0.15) is 11.6 Å². The summed E-state index contributed by atoms with van der Waals surface area (Å²) in [4.78, 5) is 0. The van der Waals surface area contributed by atoms with Gasteiger partial charge < -0.3 is 14.8 Å². The molecule has 2 aromatic carbocycles. The van der Waals surface area contributed by atoms with E-state index in [-0.39, 0.29) is 12.1 Å². The van der Waals surface area contributed by atoms with Crippen LogP contribution in [0.2, 0.25) is 0 Å². The Morgan fingerprint density at radius 1 is 1.12 bits per heavy atom. The van der Waals surface area contributed by atoms with Gasteiger partial charge in [0, 0.05) is 29.7 Å². The molecule has 0 radical (unpaired) electrons. The summed E-state index contributed by atoms with van der Waals surface area (Å²) >= 11 is 0. The Morgan fingerprint density at radius 2 is 1.81 bits per heavy atom. The van der Waals surface area contributed by atoms with Crippen LogP contribution in [0.25, 0.3) is 11.3 Å². The third kappa shape index (κ3) is 2.56. The van der Waals surface area contributed by atoms with Gasteiger partial charge in [-0.3, -0.25) is 5.10 Å². The number of H-pyrrole nitrogens is 1. The highest BCUT2D eigenvalue weighted by atomic mass is 19.1. The first kappa shape index (κ1) is 16.4. The van der Waals surface area contributed by atoms with Crippen molar-refractivity contribution in [2.45, 2.75) is 13.0 Å². The lowest BCUT2D eigenvalue weighted by atomic mass is 10.1. The maximum absolute atomic E-state index is 13.8. The Bertz CT molecular complexity index is 965. The molecule has 7 heteroatoms. The summed E-state index contributed by atoms with van der Waals surface area (Å²) in [6.45, 7) is 0.0127. The third-order valence-corrected chi connectivity index (χ3v) is 4.61. The molecule has 1 aliphatic carbocycles.